The quantitative estimate of drug-likeness (QED) is 0.500. The number of pyridine rings is 1. The van der Waals surface area contributed by atoms with Crippen molar-refractivity contribution in [3.63, 3.8) is 0 Å². The van der Waals surface area contributed by atoms with Crippen LogP contribution in [0.5, 0.6) is 0 Å². The lowest BCUT2D eigenvalue weighted by molar-refractivity contribution is 0.769. The van der Waals surface area contributed by atoms with E-state index in [0.29, 0.717) is 0 Å². The lowest BCUT2D eigenvalue weighted by Crippen LogP contribution is -2.11. The van der Waals surface area contributed by atoms with Gasteiger partial charge in [0.2, 0.25) is 0 Å². The van der Waals surface area contributed by atoms with Crippen LogP contribution in [0.4, 0.5) is 5.82 Å². The highest BCUT2D eigenvalue weighted by Crippen LogP contribution is 2.35. The molecule has 6 nitrogen and oxygen atoms in total. The van der Waals surface area contributed by atoms with Crippen molar-refractivity contribution in [1.82, 2.24) is 24.6 Å². The van der Waals surface area contributed by atoms with Crippen LogP contribution in [0.1, 0.15) is 18.8 Å². The van der Waals surface area contributed by atoms with Gasteiger partial charge in [-0.3, -0.25) is 4.40 Å². The van der Waals surface area contributed by atoms with Crippen LogP contribution in [0.15, 0.2) is 67.1 Å². The van der Waals surface area contributed by atoms with E-state index in [9.17, 15) is 0 Å². The van der Waals surface area contributed by atoms with Crippen molar-refractivity contribution in [3.05, 3.63) is 72.9 Å². The summed E-state index contributed by atoms with van der Waals surface area (Å²) in [4.78, 5) is 11.1. The molecule has 0 fully saturated rings. The number of benzene rings is 1. The van der Waals surface area contributed by atoms with E-state index in [2.05, 4.69) is 50.6 Å². The Morgan fingerprint density at radius 3 is 2.74 bits per heavy atom. The maximum atomic E-state index is 4.47. The summed E-state index contributed by atoms with van der Waals surface area (Å²) in [6, 6.07) is 18.3. The molecule has 0 radical (unpaired) electrons. The number of hydrogen-bond acceptors (Lipinski definition) is 6. The molecule has 1 N–H and O–H groups in total. The molecule has 4 aromatic heterocycles. The Kier molecular flexibility index (Phi) is 3.79. The number of rotatable bonds is 4. The van der Waals surface area contributed by atoms with E-state index in [4.69, 9.17) is 0 Å². The SMILES string of the molecule is CC(Nc1ncnc2sc(-c3ccccc3)cc12)c1nnc2ccccn12. The normalized spacial score (nSPS) is 12.5. The van der Waals surface area contributed by atoms with Gasteiger partial charge in [0.1, 0.15) is 17.0 Å². The minimum Gasteiger partial charge on any atom is -0.360 e. The van der Waals surface area contributed by atoms with Crippen LogP contribution in [0.25, 0.3) is 26.3 Å². The maximum Gasteiger partial charge on any atom is 0.160 e. The van der Waals surface area contributed by atoms with Gasteiger partial charge in [0, 0.05) is 11.1 Å². The highest BCUT2D eigenvalue weighted by molar-refractivity contribution is 7.21. The third-order valence-corrected chi connectivity index (χ3v) is 5.56. The smallest absolute Gasteiger partial charge is 0.160 e. The molecule has 0 spiro atoms. The van der Waals surface area contributed by atoms with Crippen molar-refractivity contribution >= 4 is 33.0 Å². The largest absolute Gasteiger partial charge is 0.360 e. The second kappa shape index (κ2) is 6.44. The number of aromatic nitrogens is 5. The van der Waals surface area contributed by atoms with Gasteiger partial charge in [0.05, 0.1) is 11.4 Å². The zero-order valence-corrected chi connectivity index (χ0v) is 15.4. The first kappa shape index (κ1) is 15.9. The van der Waals surface area contributed by atoms with Gasteiger partial charge in [-0.1, -0.05) is 36.4 Å². The van der Waals surface area contributed by atoms with E-state index < -0.39 is 0 Å². The Balaban J connectivity index is 1.52. The number of nitrogens with one attached hydrogen (secondary N) is 1. The van der Waals surface area contributed by atoms with Crippen LogP contribution >= 0.6 is 11.3 Å². The second-order valence-corrected chi connectivity index (χ2v) is 7.30. The van der Waals surface area contributed by atoms with Gasteiger partial charge in [0.15, 0.2) is 11.5 Å². The van der Waals surface area contributed by atoms with Crippen LogP contribution in [0.2, 0.25) is 0 Å². The number of fused-ring (bicyclic) bond motifs is 2. The van der Waals surface area contributed by atoms with Crippen LogP contribution in [-0.2, 0) is 0 Å². The zero-order valence-electron chi connectivity index (χ0n) is 14.6. The van der Waals surface area contributed by atoms with E-state index in [1.807, 2.05) is 47.0 Å². The predicted octanol–water partition coefficient (Wildman–Crippen LogP) is 4.57. The van der Waals surface area contributed by atoms with Gasteiger partial charge in [-0.15, -0.1) is 21.5 Å². The molecule has 0 bridgehead atoms. The Morgan fingerprint density at radius 2 is 1.85 bits per heavy atom. The molecule has 0 amide bonds. The average Bonchev–Trinajstić information content (AvgIpc) is 3.34. The number of nitrogens with zero attached hydrogens (tertiary/aromatic N) is 5. The van der Waals surface area contributed by atoms with Crippen LogP contribution in [0, 0.1) is 0 Å². The molecule has 0 saturated heterocycles. The first-order chi connectivity index (χ1) is 13.3. The molecule has 1 aromatic carbocycles. The highest BCUT2D eigenvalue weighted by atomic mass is 32.1. The summed E-state index contributed by atoms with van der Waals surface area (Å²) < 4.78 is 1.99. The van der Waals surface area contributed by atoms with Crippen molar-refractivity contribution in [3.8, 4) is 10.4 Å². The summed E-state index contributed by atoms with van der Waals surface area (Å²) in [6.07, 6.45) is 3.57. The van der Waals surface area contributed by atoms with Gasteiger partial charge in [-0.05, 0) is 30.7 Å². The molecule has 4 heterocycles. The number of anilines is 1. The summed E-state index contributed by atoms with van der Waals surface area (Å²) in [5, 5.41) is 13.1. The average molecular weight is 372 g/mol. The Morgan fingerprint density at radius 1 is 1.00 bits per heavy atom. The van der Waals surface area contributed by atoms with Crippen LogP contribution < -0.4 is 5.32 Å². The minimum atomic E-state index is -0.0550. The van der Waals surface area contributed by atoms with Crippen molar-refractivity contribution in [2.45, 2.75) is 13.0 Å². The van der Waals surface area contributed by atoms with Crippen molar-refractivity contribution in [2.24, 2.45) is 0 Å². The van der Waals surface area contributed by atoms with E-state index in [-0.39, 0.29) is 6.04 Å². The van der Waals surface area contributed by atoms with Crippen LogP contribution in [-0.4, -0.2) is 24.6 Å². The molecule has 0 aliphatic rings. The number of thiophene rings is 1. The molecule has 132 valence electrons. The third-order valence-electron chi connectivity index (χ3n) is 4.47. The lowest BCUT2D eigenvalue weighted by Gasteiger charge is -2.13. The van der Waals surface area contributed by atoms with E-state index in [1.165, 1.54) is 10.4 Å². The summed E-state index contributed by atoms with van der Waals surface area (Å²) >= 11 is 1.67. The molecule has 5 aromatic rings. The first-order valence-electron chi connectivity index (χ1n) is 8.66. The van der Waals surface area contributed by atoms with E-state index in [1.54, 1.807) is 17.7 Å². The first-order valence-corrected chi connectivity index (χ1v) is 9.47. The van der Waals surface area contributed by atoms with E-state index in [0.717, 1.165) is 27.5 Å². The molecule has 7 heteroatoms. The second-order valence-electron chi connectivity index (χ2n) is 6.27. The van der Waals surface area contributed by atoms with Gasteiger partial charge < -0.3 is 5.32 Å². The molecule has 1 atom stereocenters. The molecule has 1 unspecified atom stereocenters. The fourth-order valence-electron chi connectivity index (χ4n) is 3.14. The van der Waals surface area contributed by atoms with Crippen LogP contribution in [0.3, 0.4) is 0 Å². The summed E-state index contributed by atoms with van der Waals surface area (Å²) in [5.74, 6) is 1.65. The Hall–Kier alpha value is -3.32. The van der Waals surface area contributed by atoms with E-state index >= 15 is 0 Å². The molecule has 27 heavy (non-hydrogen) atoms. The Labute approximate surface area is 159 Å². The molecule has 5 rings (SSSR count). The van der Waals surface area contributed by atoms with Gasteiger partial charge >= 0.3 is 0 Å². The monoisotopic (exact) mass is 372 g/mol. The zero-order chi connectivity index (χ0) is 18.2. The molecular weight excluding hydrogens is 356 g/mol. The van der Waals surface area contributed by atoms with Gasteiger partial charge in [-0.2, -0.15) is 0 Å². The molecule has 0 aliphatic heterocycles. The predicted molar refractivity (Wildman–Crippen MR) is 108 cm³/mol. The molecule has 0 aliphatic carbocycles. The summed E-state index contributed by atoms with van der Waals surface area (Å²) in [5.41, 5.74) is 2.01. The summed E-state index contributed by atoms with van der Waals surface area (Å²) in [6.45, 7) is 2.06. The third kappa shape index (κ3) is 2.82. The standard InChI is InChI=1S/C20H16N6S/c1-13(19-25-24-17-9-5-6-10-26(17)19)23-18-15-11-16(14-7-3-2-4-8-14)27-20(15)22-12-21-18/h2-13H,1H3,(H,21,22,23). The van der Waals surface area contributed by atoms with Crippen molar-refractivity contribution < 1.29 is 0 Å². The Bertz CT molecular complexity index is 1230. The van der Waals surface area contributed by atoms with Crippen molar-refractivity contribution in [1.29, 1.82) is 0 Å². The number of hydrogen-bond donors (Lipinski definition) is 1. The molecular formula is C20H16N6S. The fourth-order valence-corrected chi connectivity index (χ4v) is 4.14. The summed E-state index contributed by atoms with van der Waals surface area (Å²) in [7, 11) is 0. The van der Waals surface area contributed by atoms with Crippen molar-refractivity contribution in [2.75, 3.05) is 5.32 Å². The topological polar surface area (TPSA) is 68.0 Å². The molecule has 0 saturated carbocycles. The lowest BCUT2D eigenvalue weighted by atomic mass is 10.2. The maximum absolute atomic E-state index is 4.47. The highest BCUT2D eigenvalue weighted by Gasteiger charge is 2.16. The van der Waals surface area contributed by atoms with Gasteiger partial charge in [-0.25, -0.2) is 9.97 Å². The van der Waals surface area contributed by atoms with Gasteiger partial charge in [0.25, 0.3) is 0 Å². The minimum absolute atomic E-state index is 0.0550. The fraction of sp³-hybridized carbons (Fsp3) is 0.100.